The van der Waals surface area contributed by atoms with Crippen LogP contribution in [0.25, 0.3) is 11.3 Å². The summed E-state index contributed by atoms with van der Waals surface area (Å²) in [6.45, 7) is 2.26. The topological polar surface area (TPSA) is 51.1 Å². The summed E-state index contributed by atoms with van der Waals surface area (Å²) in [6, 6.07) is 12.3. The Kier molecular flexibility index (Phi) is 6.21. The lowest BCUT2D eigenvalue weighted by Gasteiger charge is -2.16. The molecule has 2 aliphatic rings. The van der Waals surface area contributed by atoms with E-state index in [2.05, 4.69) is 50.4 Å². The summed E-state index contributed by atoms with van der Waals surface area (Å²) in [5.74, 6) is 3.44. The largest absolute Gasteiger partial charge is 0.495 e. The van der Waals surface area contributed by atoms with E-state index in [9.17, 15) is 0 Å². The zero-order valence-electron chi connectivity index (χ0n) is 16.5. The van der Waals surface area contributed by atoms with Crippen LogP contribution < -0.4 is 9.64 Å². The van der Waals surface area contributed by atoms with Gasteiger partial charge in [-0.1, -0.05) is 23.7 Å². The maximum atomic E-state index is 5.71. The molecule has 0 spiro atoms. The van der Waals surface area contributed by atoms with Gasteiger partial charge in [-0.2, -0.15) is 0 Å². The highest BCUT2D eigenvalue weighted by molar-refractivity contribution is 7.98. The van der Waals surface area contributed by atoms with E-state index in [0.717, 1.165) is 47.9 Å². The van der Waals surface area contributed by atoms with Gasteiger partial charge in [0.15, 0.2) is 0 Å². The van der Waals surface area contributed by atoms with Crippen molar-refractivity contribution in [2.75, 3.05) is 31.4 Å². The van der Waals surface area contributed by atoms with Crippen LogP contribution in [0.15, 0.2) is 59.9 Å². The summed E-state index contributed by atoms with van der Waals surface area (Å²) in [4.78, 5) is 16.2. The molecule has 1 aliphatic heterocycles. The van der Waals surface area contributed by atoms with Crippen LogP contribution >= 0.6 is 23.4 Å². The summed E-state index contributed by atoms with van der Waals surface area (Å²) in [7, 11) is 1.64. The van der Waals surface area contributed by atoms with E-state index in [1.807, 2.05) is 12.1 Å². The molecule has 0 bridgehead atoms. The third kappa shape index (κ3) is 5.00. The second-order valence-electron chi connectivity index (χ2n) is 7.17. The van der Waals surface area contributed by atoms with Crippen molar-refractivity contribution in [3.8, 4) is 17.0 Å². The van der Waals surface area contributed by atoms with E-state index < -0.39 is 0 Å². The van der Waals surface area contributed by atoms with Gasteiger partial charge >= 0.3 is 0 Å². The summed E-state index contributed by atoms with van der Waals surface area (Å²) in [5.41, 5.74) is 2.09. The standard InChI is InChI=1S/C13H13NOS.C9H10ClN3/c1-15-11-5-8-13(14-9-11)10-3-6-12(16-2)7-4-10;10-8-2-11-9(12-3-8)13-4-6-1-7(6)5-13/h3-9H,1-2H3;2-3,6-7H,1,4-5H2. The fraction of sp³-hybridized carbons (Fsp3) is 0.318. The van der Waals surface area contributed by atoms with Gasteiger partial charge in [0, 0.05) is 23.5 Å². The molecule has 3 heterocycles. The summed E-state index contributed by atoms with van der Waals surface area (Å²) < 4.78 is 5.08. The number of rotatable bonds is 4. The van der Waals surface area contributed by atoms with E-state index >= 15 is 0 Å². The van der Waals surface area contributed by atoms with Gasteiger partial charge in [-0.15, -0.1) is 11.8 Å². The Morgan fingerprint density at radius 3 is 2.21 bits per heavy atom. The molecule has 150 valence electrons. The van der Waals surface area contributed by atoms with Crippen LogP contribution in [0.1, 0.15) is 6.42 Å². The molecule has 2 fully saturated rings. The Morgan fingerprint density at radius 1 is 0.966 bits per heavy atom. The number of thioether (sulfide) groups is 1. The molecule has 7 heteroatoms. The molecule has 29 heavy (non-hydrogen) atoms. The van der Waals surface area contributed by atoms with Crippen LogP contribution in [0.3, 0.4) is 0 Å². The Balaban J connectivity index is 0.000000144. The molecule has 2 atom stereocenters. The highest BCUT2D eigenvalue weighted by Crippen LogP contribution is 2.45. The Morgan fingerprint density at radius 2 is 1.66 bits per heavy atom. The molecule has 1 aliphatic carbocycles. The maximum Gasteiger partial charge on any atom is 0.225 e. The number of anilines is 1. The first kappa shape index (κ1) is 20.0. The average Bonchev–Trinajstić information content (AvgIpc) is 3.40. The van der Waals surface area contributed by atoms with Gasteiger partial charge in [-0.25, -0.2) is 9.97 Å². The normalized spacial score (nSPS) is 19.2. The smallest absolute Gasteiger partial charge is 0.225 e. The first-order chi connectivity index (χ1) is 14.2. The summed E-state index contributed by atoms with van der Waals surface area (Å²) in [5, 5.41) is 0.605. The van der Waals surface area contributed by atoms with Crippen molar-refractivity contribution in [3.05, 3.63) is 60.0 Å². The molecule has 2 aromatic heterocycles. The monoisotopic (exact) mass is 426 g/mol. The number of fused-ring (bicyclic) bond motifs is 1. The van der Waals surface area contributed by atoms with E-state index in [4.69, 9.17) is 16.3 Å². The minimum Gasteiger partial charge on any atom is -0.495 e. The molecule has 1 saturated carbocycles. The van der Waals surface area contributed by atoms with Gasteiger partial charge in [0.2, 0.25) is 5.95 Å². The van der Waals surface area contributed by atoms with Crippen LogP contribution in [0.2, 0.25) is 5.02 Å². The summed E-state index contributed by atoms with van der Waals surface area (Å²) >= 11 is 7.45. The minimum atomic E-state index is 0.605. The van der Waals surface area contributed by atoms with Crippen LogP contribution in [0.5, 0.6) is 5.75 Å². The van der Waals surface area contributed by atoms with Gasteiger partial charge in [-0.3, -0.25) is 4.98 Å². The van der Waals surface area contributed by atoms with Crippen LogP contribution in [-0.2, 0) is 0 Å². The molecule has 0 amide bonds. The number of hydrogen-bond acceptors (Lipinski definition) is 6. The van der Waals surface area contributed by atoms with Gasteiger partial charge in [0.1, 0.15) is 5.75 Å². The van der Waals surface area contributed by atoms with Crippen molar-refractivity contribution >= 4 is 29.3 Å². The Bertz CT molecular complexity index is 879. The van der Waals surface area contributed by atoms with Crippen molar-refractivity contribution in [3.63, 3.8) is 0 Å². The van der Waals surface area contributed by atoms with Gasteiger partial charge in [0.05, 0.1) is 36.4 Å². The zero-order valence-corrected chi connectivity index (χ0v) is 18.0. The van der Waals surface area contributed by atoms with Crippen molar-refractivity contribution in [1.29, 1.82) is 0 Å². The van der Waals surface area contributed by atoms with Gasteiger partial charge in [-0.05, 0) is 48.8 Å². The first-order valence-electron chi connectivity index (χ1n) is 9.53. The fourth-order valence-corrected chi connectivity index (χ4v) is 3.97. The van der Waals surface area contributed by atoms with Crippen LogP contribution in [0, 0.1) is 11.8 Å². The van der Waals surface area contributed by atoms with Crippen LogP contribution in [-0.4, -0.2) is 41.4 Å². The van der Waals surface area contributed by atoms with Gasteiger partial charge < -0.3 is 9.64 Å². The molecule has 1 saturated heterocycles. The number of hydrogen-bond donors (Lipinski definition) is 0. The Labute approximate surface area is 180 Å². The quantitative estimate of drug-likeness (QED) is 0.543. The SMILES string of the molecule is COc1ccc(-c2ccc(SC)cc2)nc1.Clc1cnc(N2CC3CC3C2)nc1. The number of benzene rings is 1. The maximum absolute atomic E-state index is 5.71. The Hall–Kier alpha value is -2.31. The highest BCUT2D eigenvalue weighted by atomic mass is 35.5. The highest BCUT2D eigenvalue weighted by Gasteiger charge is 2.45. The van der Waals surface area contributed by atoms with Crippen molar-refractivity contribution < 1.29 is 4.74 Å². The molecule has 0 N–H and O–H groups in total. The lowest BCUT2D eigenvalue weighted by Crippen LogP contribution is -2.23. The van der Waals surface area contributed by atoms with E-state index in [-0.39, 0.29) is 0 Å². The number of methoxy groups -OCH3 is 1. The third-order valence-corrected chi connectivity index (χ3v) is 6.16. The number of nitrogens with zero attached hydrogens (tertiary/aromatic N) is 4. The van der Waals surface area contributed by atoms with Crippen molar-refractivity contribution in [2.24, 2.45) is 11.8 Å². The van der Waals surface area contributed by atoms with Gasteiger partial charge in [0.25, 0.3) is 0 Å². The molecule has 5 rings (SSSR count). The lowest BCUT2D eigenvalue weighted by molar-refractivity contribution is 0.413. The zero-order chi connectivity index (χ0) is 20.2. The third-order valence-electron chi connectivity index (χ3n) is 5.23. The number of pyridine rings is 1. The lowest BCUT2D eigenvalue weighted by atomic mass is 10.1. The van der Waals surface area contributed by atoms with E-state index in [1.54, 1.807) is 37.5 Å². The van der Waals surface area contributed by atoms with E-state index in [1.165, 1.54) is 11.3 Å². The number of halogens is 1. The number of ether oxygens (including phenoxy) is 1. The molecule has 3 aromatic rings. The first-order valence-corrected chi connectivity index (χ1v) is 11.1. The van der Waals surface area contributed by atoms with Crippen LogP contribution in [0.4, 0.5) is 5.95 Å². The minimum absolute atomic E-state index is 0.605. The predicted octanol–water partition coefficient (Wildman–Crippen LogP) is 5.07. The van der Waals surface area contributed by atoms with Crippen molar-refractivity contribution in [1.82, 2.24) is 15.0 Å². The van der Waals surface area contributed by atoms with E-state index in [0.29, 0.717) is 5.02 Å². The molecular formula is C22H23ClN4OS. The average molecular weight is 427 g/mol. The fourth-order valence-electron chi connectivity index (χ4n) is 3.46. The van der Waals surface area contributed by atoms with Crippen molar-refractivity contribution in [2.45, 2.75) is 11.3 Å². The number of aromatic nitrogens is 3. The number of piperidine rings is 1. The summed E-state index contributed by atoms with van der Waals surface area (Å²) in [6.07, 6.45) is 8.53. The second kappa shape index (κ2) is 9.01. The molecule has 2 unspecified atom stereocenters. The predicted molar refractivity (Wildman–Crippen MR) is 119 cm³/mol. The molecule has 0 radical (unpaired) electrons. The molecule has 1 aromatic carbocycles. The molecular weight excluding hydrogens is 404 g/mol. The molecule has 5 nitrogen and oxygen atoms in total. The second-order valence-corrected chi connectivity index (χ2v) is 8.49.